The van der Waals surface area contributed by atoms with Gasteiger partial charge in [0.25, 0.3) is 0 Å². The van der Waals surface area contributed by atoms with Crippen LogP contribution in [0.1, 0.15) is 50.9 Å². The smallest absolute Gasteiger partial charge is 0.299 e. The summed E-state index contributed by atoms with van der Waals surface area (Å²) >= 11 is 0. The Hall–Kier alpha value is -1.72. The van der Waals surface area contributed by atoms with E-state index in [1.165, 1.54) is 6.92 Å². The van der Waals surface area contributed by atoms with Crippen LogP contribution in [0.25, 0.3) is 0 Å². The molecule has 1 atom stereocenters. The fourth-order valence-electron chi connectivity index (χ4n) is 2.22. The van der Waals surface area contributed by atoms with Gasteiger partial charge in [-0.1, -0.05) is 13.8 Å². The molecule has 1 rings (SSSR count). The Kier molecular flexibility index (Phi) is 4.58. The summed E-state index contributed by atoms with van der Waals surface area (Å²) in [4.78, 5) is 22.4. The van der Waals surface area contributed by atoms with Crippen molar-refractivity contribution in [1.29, 1.82) is 0 Å². The van der Waals surface area contributed by atoms with E-state index in [-0.39, 0.29) is 11.5 Å². The summed E-state index contributed by atoms with van der Waals surface area (Å²) in [5.74, 6) is -0.504. The minimum atomic E-state index is -0.446. The number of hydrogen-bond acceptors (Lipinski definition) is 4. The van der Waals surface area contributed by atoms with Gasteiger partial charge in [-0.2, -0.15) is 5.10 Å². The minimum Gasteiger partial charge on any atom is -0.299 e. The van der Waals surface area contributed by atoms with E-state index in [9.17, 15) is 14.9 Å². The number of carbonyl (C=O) groups excluding carboxylic acids is 1. The summed E-state index contributed by atoms with van der Waals surface area (Å²) in [6, 6.07) is 0. The summed E-state index contributed by atoms with van der Waals surface area (Å²) in [6.45, 7) is 7.50. The number of aromatic nitrogens is 2. The molecule has 0 N–H and O–H groups in total. The monoisotopic (exact) mass is 253 g/mol. The molecule has 1 unspecified atom stereocenters. The van der Waals surface area contributed by atoms with Gasteiger partial charge in [-0.25, -0.2) is 0 Å². The number of ketones is 1. The van der Waals surface area contributed by atoms with Crippen molar-refractivity contribution < 1.29 is 9.72 Å². The molecule has 0 saturated heterocycles. The predicted molar refractivity (Wildman–Crippen MR) is 67.6 cm³/mol. The van der Waals surface area contributed by atoms with Gasteiger partial charge in [0.05, 0.1) is 10.8 Å². The second-order valence-electron chi connectivity index (χ2n) is 4.37. The zero-order valence-electron chi connectivity index (χ0n) is 11.3. The van der Waals surface area contributed by atoms with Crippen LogP contribution in [-0.4, -0.2) is 20.5 Å². The van der Waals surface area contributed by atoms with Gasteiger partial charge in [-0.05, 0) is 26.7 Å². The van der Waals surface area contributed by atoms with Crippen molar-refractivity contribution in [3.63, 3.8) is 0 Å². The van der Waals surface area contributed by atoms with Gasteiger partial charge in [-0.3, -0.25) is 19.6 Å². The highest BCUT2D eigenvalue weighted by molar-refractivity contribution is 5.84. The lowest BCUT2D eigenvalue weighted by molar-refractivity contribution is -0.386. The molecular weight excluding hydrogens is 234 g/mol. The average molecular weight is 253 g/mol. The minimum absolute atomic E-state index is 0.00880. The lowest BCUT2D eigenvalue weighted by Gasteiger charge is -2.12. The highest BCUT2D eigenvalue weighted by Gasteiger charge is 2.32. The number of rotatable bonds is 6. The van der Waals surface area contributed by atoms with Crippen molar-refractivity contribution >= 4 is 11.5 Å². The largest absolute Gasteiger partial charge is 0.313 e. The standard InChI is InChI=1S/C12H19N3O3/c1-5-7-14-12(10(6-2)9(4)16)11(15(17)18)8(3)13-14/h10H,5-7H2,1-4H3. The lowest BCUT2D eigenvalue weighted by atomic mass is 9.96. The normalized spacial score (nSPS) is 12.4. The Balaban J connectivity index is 3.44. The molecule has 0 radical (unpaired) electrons. The molecule has 0 aliphatic rings. The van der Waals surface area contributed by atoms with E-state index in [1.807, 2.05) is 13.8 Å². The average Bonchev–Trinajstić information content (AvgIpc) is 2.57. The molecule has 6 heteroatoms. The third-order valence-electron chi connectivity index (χ3n) is 2.98. The van der Waals surface area contributed by atoms with E-state index in [4.69, 9.17) is 0 Å². The Morgan fingerprint density at radius 3 is 2.50 bits per heavy atom. The number of nitro groups is 1. The molecule has 0 aliphatic heterocycles. The molecule has 0 saturated carbocycles. The Bertz CT molecular complexity index is 465. The van der Waals surface area contributed by atoms with E-state index in [1.54, 1.807) is 11.6 Å². The lowest BCUT2D eigenvalue weighted by Crippen LogP contribution is -2.16. The molecule has 1 aromatic rings. The molecule has 1 heterocycles. The van der Waals surface area contributed by atoms with Crippen LogP contribution in [-0.2, 0) is 11.3 Å². The van der Waals surface area contributed by atoms with Crippen LogP contribution in [0.3, 0.4) is 0 Å². The van der Waals surface area contributed by atoms with Gasteiger partial charge in [-0.15, -0.1) is 0 Å². The van der Waals surface area contributed by atoms with Crippen LogP contribution in [0.5, 0.6) is 0 Å². The van der Waals surface area contributed by atoms with Gasteiger partial charge in [0.2, 0.25) is 0 Å². The third kappa shape index (κ3) is 2.57. The van der Waals surface area contributed by atoms with Crippen molar-refractivity contribution in [2.45, 2.75) is 53.0 Å². The van der Waals surface area contributed by atoms with E-state index < -0.39 is 10.8 Å². The molecule has 0 spiro atoms. The summed E-state index contributed by atoms with van der Waals surface area (Å²) in [7, 11) is 0. The highest BCUT2D eigenvalue weighted by Crippen LogP contribution is 2.32. The van der Waals surface area contributed by atoms with Gasteiger partial charge in [0.15, 0.2) is 0 Å². The first-order valence-corrected chi connectivity index (χ1v) is 6.16. The maximum atomic E-state index is 11.7. The van der Waals surface area contributed by atoms with Crippen LogP contribution in [0.2, 0.25) is 0 Å². The van der Waals surface area contributed by atoms with Gasteiger partial charge in [0.1, 0.15) is 17.2 Å². The van der Waals surface area contributed by atoms with Crippen LogP contribution >= 0.6 is 0 Å². The molecule has 1 aromatic heterocycles. The molecule has 0 fully saturated rings. The third-order valence-corrected chi connectivity index (χ3v) is 2.98. The van der Waals surface area contributed by atoms with Crippen molar-refractivity contribution in [3.05, 3.63) is 21.5 Å². The van der Waals surface area contributed by atoms with Gasteiger partial charge in [0, 0.05) is 6.54 Å². The van der Waals surface area contributed by atoms with Gasteiger partial charge >= 0.3 is 5.69 Å². The summed E-state index contributed by atoms with van der Waals surface area (Å²) in [6.07, 6.45) is 1.37. The van der Waals surface area contributed by atoms with E-state index in [0.29, 0.717) is 24.4 Å². The fraction of sp³-hybridized carbons (Fsp3) is 0.667. The maximum Gasteiger partial charge on any atom is 0.313 e. The molecule has 0 aromatic carbocycles. The zero-order chi connectivity index (χ0) is 13.9. The second kappa shape index (κ2) is 5.75. The SMILES string of the molecule is CCCn1nc(C)c([N+](=O)[O-])c1C(CC)C(C)=O. The van der Waals surface area contributed by atoms with Crippen molar-refractivity contribution in [2.75, 3.05) is 0 Å². The molecule has 0 aliphatic carbocycles. The molecule has 18 heavy (non-hydrogen) atoms. The second-order valence-corrected chi connectivity index (χ2v) is 4.37. The van der Waals surface area contributed by atoms with Gasteiger partial charge < -0.3 is 0 Å². The summed E-state index contributed by atoms with van der Waals surface area (Å²) in [5.41, 5.74) is 0.822. The first-order chi connectivity index (χ1) is 8.43. The number of hydrogen-bond donors (Lipinski definition) is 0. The Morgan fingerprint density at radius 2 is 2.11 bits per heavy atom. The van der Waals surface area contributed by atoms with Crippen LogP contribution in [0, 0.1) is 17.0 Å². The quantitative estimate of drug-likeness (QED) is 0.576. The van der Waals surface area contributed by atoms with Crippen molar-refractivity contribution in [3.8, 4) is 0 Å². The zero-order valence-corrected chi connectivity index (χ0v) is 11.3. The number of Topliss-reactive ketones (excluding diaryl/α,β-unsaturated/α-hetero) is 1. The first kappa shape index (κ1) is 14.3. The maximum absolute atomic E-state index is 11.7. The molecule has 100 valence electrons. The van der Waals surface area contributed by atoms with E-state index in [2.05, 4.69) is 5.10 Å². The predicted octanol–water partition coefficient (Wildman–Crippen LogP) is 2.59. The van der Waals surface area contributed by atoms with Crippen molar-refractivity contribution in [2.24, 2.45) is 0 Å². The topological polar surface area (TPSA) is 78.0 Å². The van der Waals surface area contributed by atoms with Crippen LogP contribution in [0.15, 0.2) is 0 Å². The molecule has 6 nitrogen and oxygen atoms in total. The Labute approximate surface area is 106 Å². The first-order valence-electron chi connectivity index (χ1n) is 6.16. The van der Waals surface area contributed by atoms with Crippen LogP contribution < -0.4 is 0 Å². The highest BCUT2D eigenvalue weighted by atomic mass is 16.6. The summed E-state index contributed by atoms with van der Waals surface area (Å²) < 4.78 is 1.61. The molecular formula is C12H19N3O3. The Morgan fingerprint density at radius 1 is 1.50 bits per heavy atom. The number of aryl methyl sites for hydroxylation is 2. The number of carbonyl (C=O) groups is 1. The number of nitrogens with zero attached hydrogens (tertiary/aromatic N) is 3. The summed E-state index contributed by atoms with van der Waals surface area (Å²) in [5, 5.41) is 15.3. The van der Waals surface area contributed by atoms with E-state index >= 15 is 0 Å². The van der Waals surface area contributed by atoms with E-state index in [0.717, 1.165) is 6.42 Å². The van der Waals surface area contributed by atoms with Crippen LogP contribution in [0.4, 0.5) is 5.69 Å². The molecule has 0 bridgehead atoms. The molecule has 0 amide bonds. The van der Waals surface area contributed by atoms with Crippen molar-refractivity contribution in [1.82, 2.24) is 9.78 Å². The fourth-order valence-corrected chi connectivity index (χ4v) is 2.22.